The van der Waals surface area contributed by atoms with Crippen LogP contribution in [0.15, 0.2) is 47.3 Å². The summed E-state index contributed by atoms with van der Waals surface area (Å²) in [7, 11) is 0. The molecule has 0 bridgehead atoms. The maximum absolute atomic E-state index is 13.9. The molecule has 2 aromatic carbocycles. The zero-order valence-electron chi connectivity index (χ0n) is 15.0. The number of ether oxygens (including phenoxy) is 1. The lowest BCUT2D eigenvalue weighted by Crippen LogP contribution is -2.23. The second-order valence-corrected chi connectivity index (χ2v) is 6.86. The SMILES string of the molecule is N#Cc1c(-c2cccc(F)c2)c2cc(OCC(F)(F)F)ccc2c(=O)n1C1CC1. The molecule has 0 aliphatic heterocycles. The molecule has 1 fully saturated rings. The third kappa shape index (κ3) is 3.68. The number of aromatic nitrogens is 1. The van der Waals surface area contributed by atoms with Crippen LogP contribution < -0.4 is 10.3 Å². The Kier molecular flexibility index (Phi) is 4.53. The van der Waals surface area contributed by atoms with Crippen LogP contribution in [0.2, 0.25) is 0 Å². The molecule has 3 aromatic rings. The van der Waals surface area contributed by atoms with Crippen LogP contribution in [-0.4, -0.2) is 17.4 Å². The monoisotopic (exact) mass is 402 g/mol. The molecule has 1 aliphatic rings. The Bertz CT molecular complexity index is 1200. The van der Waals surface area contributed by atoms with Gasteiger partial charge in [0.1, 0.15) is 23.3 Å². The van der Waals surface area contributed by atoms with E-state index in [1.807, 2.05) is 6.07 Å². The Morgan fingerprint density at radius 1 is 1.14 bits per heavy atom. The van der Waals surface area contributed by atoms with Crippen molar-refractivity contribution in [3.8, 4) is 22.9 Å². The molecular weight excluding hydrogens is 388 g/mol. The second-order valence-electron chi connectivity index (χ2n) is 6.86. The van der Waals surface area contributed by atoms with Gasteiger partial charge in [-0.05, 0) is 48.7 Å². The van der Waals surface area contributed by atoms with E-state index in [0.29, 0.717) is 11.1 Å². The molecule has 0 N–H and O–H groups in total. The standard InChI is InChI=1S/C21H14F4N2O2/c22-13-3-1-2-12(8-13)19-17-9-15(29-11-21(23,24)25)6-7-16(17)20(28)27(14-4-5-14)18(19)10-26/h1-3,6-9,14H,4-5,11H2. The predicted octanol–water partition coefficient (Wildman–Crippen LogP) is 4.96. The van der Waals surface area contributed by atoms with Crippen LogP contribution in [0.4, 0.5) is 17.6 Å². The average molecular weight is 402 g/mol. The summed E-state index contributed by atoms with van der Waals surface area (Å²) < 4.78 is 57.6. The van der Waals surface area contributed by atoms with Crippen LogP contribution in [0.1, 0.15) is 24.6 Å². The van der Waals surface area contributed by atoms with E-state index < -0.39 is 24.2 Å². The van der Waals surface area contributed by atoms with Gasteiger partial charge in [0, 0.05) is 22.4 Å². The van der Waals surface area contributed by atoms with Crippen molar-refractivity contribution < 1.29 is 22.3 Å². The van der Waals surface area contributed by atoms with Gasteiger partial charge in [0.2, 0.25) is 0 Å². The summed E-state index contributed by atoms with van der Waals surface area (Å²) in [5.41, 5.74) is 0.310. The number of alkyl halides is 3. The van der Waals surface area contributed by atoms with Gasteiger partial charge in [-0.1, -0.05) is 12.1 Å². The number of hydrogen-bond acceptors (Lipinski definition) is 3. The van der Waals surface area contributed by atoms with Gasteiger partial charge in [-0.25, -0.2) is 4.39 Å². The molecule has 1 aliphatic carbocycles. The molecule has 0 radical (unpaired) electrons. The zero-order chi connectivity index (χ0) is 20.8. The lowest BCUT2D eigenvalue weighted by Gasteiger charge is -2.17. The minimum atomic E-state index is -4.52. The molecule has 1 heterocycles. The highest BCUT2D eigenvalue weighted by molar-refractivity contribution is 5.99. The van der Waals surface area contributed by atoms with E-state index in [9.17, 15) is 27.6 Å². The summed E-state index contributed by atoms with van der Waals surface area (Å²) >= 11 is 0. The van der Waals surface area contributed by atoms with Crippen molar-refractivity contribution in [1.29, 1.82) is 5.26 Å². The van der Waals surface area contributed by atoms with E-state index in [0.717, 1.165) is 12.8 Å². The fraction of sp³-hybridized carbons (Fsp3) is 0.238. The summed E-state index contributed by atoms with van der Waals surface area (Å²) in [6.45, 7) is -1.49. The number of halogens is 4. The summed E-state index contributed by atoms with van der Waals surface area (Å²) in [4.78, 5) is 13.0. The van der Waals surface area contributed by atoms with Gasteiger partial charge >= 0.3 is 6.18 Å². The van der Waals surface area contributed by atoms with Gasteiger partial charge in [-0.15, -0.1) is 0 Å². The Labute approximate surface area is 162 Å². The summed E-state index contributed by atoms with van der Waals surface area (Å²) in [6, 6.07) is 11.4. The highest BCUT2D eigenvalue weighted by Crippen LogP contribution is 2.39. The number of rotatable bonds is 4. The van der Waals surface area contributed by atoms with Crippen LogP contribution in [0.3, 0.4) is 0 Å². The number of hydrogen-bond donors (Lipinski definition) is 0. The van der Waals surface area contributed by atoms with Gasteiger partial charge < -0.3 is 4.74 Å². The average Bonchev–Trinajstić information content (AvgIpc) is 3.50. The van der Waals surface area contributed by atoms with E-state index in [4.69, 9.17) is 4.74 Å². The number of nitriles is 1. The van der Waals surface area contributed by atoms with Crippen molar-refractivity contribution in [3.05, 3.63) is 64.3 Å². The summed E-state index contributed by atoms with van der Waals surface area (Å²) in [6.07, 6.45) is -3.03. The predicted molar refractivity (Wildman–Crippen MR) is 98.1 cm³/mol. The van der Waals surface area contributed by atoms with Crippen LogP contribution in [-0.2, 0) is 0 Å². The molecular formula is C21H14F4N2O2. The maximum atomic E-state index is 13.9. The minimum absolute atomic E-state index is 0.0589. The van der Waals surface area contributed by atoms with Crippen molar-refractivity contribution in [2.24, 2.45) is 0 Å². The molecule has 1 saturated carbocycles. The Morgan fingerprint density at radius 2 is 1.90 bits per heavy atom. The fourth-order valence-corrected chi connectivity index (χ4v) is 3.38. The first-order valence-corrected chi connectivity index (χ1v) is 8.86. The van der Waals surface area contributed by atoms with Crippen molar-refractivity contribution >= 4 is 10.8 Å². The van der Waals surface area contributed by atoms with Gasteiger partial charge in [0.15, 0.2) is 6.61 Å². The van der Waals surface area contributed by atoms with Crippen LogP contribution >= 0.6 is 0 Å². The van der Waals surface area contributed by atoms with E-state index in [-0.39, 0.29) is 28.3 Å². The lowest BCUT2D eigenvalue weighted by atomic mass is 9.96. The van der Waals surface area contributed by atoms with Crippen LogP contribution in [0.5, 0.6) is 5.75 Å². The Morgan fingerprint density at radius 3 is 2.52 bits per heavy atom. The third-order valence-corrected chi connectivity index (χ3v) is 4.72. The van der Waals surface area contributed by atoms with Gasteiger partial charge in [-0.2, -0.15) is 18.4 Å². The molecule has 29 heavy (non-hydrogen) atoms. The fourth-order valence-electron chi connectivity index (χ4n) is 3.38. The normalized spacial score (nSPS) is 14.0. The molecule has 8 heteroatoms. The molecule has 0 atom stereocenters. The number of fused-ring (bicyclic) bond motifs is 1. The smallest absolute Gasteiger partial charge is 0.422 e. The highest BCUT2D eigenvalue weighted by atomic mass is 19.4. The molecule has 0 spiro atoms. The molecule has 4 nitrogen and oxygen atoms in total. The van der Waals surface area contributed by atoms with Crippen LogP contribution in [0, 0.1) is 17.1 Å². The van der Waals surface area contributed by atoms with E-state index in [1.165, 1.54) is 41.0 Å². The Balaban J connectivity index is 2.01. The molecule has 1 aromatic heterocycles. The molecule has 4 rings (SSSR count). The first-order valence-electron chi connectivity index (χ1n) is 8.86. The van der Waals surface area contributed by atoms with Gasteiger partial charge in [0.05, 0.1) is 0 Å². The highest BCUT2D eigenvalue weighted by Gasteiger charge is 2.31. The number of benzene rings is 2. The van der Waals surface area contributed by atoms with Crippen LogP contribution in [0.25, 0.3) is 21.9 Å². The quantitative estimate of drug-likeness (QED) is 0.580. The van der Waals surface area contributed by atoms with Gasteiger partial charge in [0.25, 0.3) is 5.56 Å². The van der Waals surface area contributed by atoms with Gasteiger partial charge in [-0.3, -0.25) is 9.36 Å². The minimum Gasteiger partial charge on any atom is -0.484 e. The van der Waals surface area contributed by atoms with Crippen molar-refractivity contribution in [3.63, 3.8) is 0 Å². The van der Waals surface area contributed by atoms with E-state index >= 15 is 0 Å². The number of nitrogens with zero attached hydrogens (tertiary/aromatic N) is 2. The number of pyridine rings is 1. The Hall–Kier alpha value is -3.34. The van der Waals surface area contributed by atoms with E-state index in [2.05, 4.69) is 0 Å². The molecule has 0 amide bonds. The molecule has 148 valence electrons. The topological polar surface area (TPSA) is 55.0 Å². The van der Waals surface area contributed by atoms with E-state index in [1.54, 1.807) is 6.07 Å². The maximum Gasteiger partial charge on any atom is 0.422 e. The van der Waals surface area contributed by atoms with Crippen molar-refractivity contribution in [2.45, 2.75) is 25.1 Å². The molecule has 0 unspecified atom stereocenters. The second kappa shape index (κ2) is 6.92. The van der Waals surface area contributed by atoms with Crippen molar-refractivity contribution in [2.75, 3.05) is 6.61 Å². The first kappa shape index (κ1) is 19.0. The van der Waals surface area contributed by atoms with Crippen molar-refractivity contribution in [1.82, 2.24) is 4.57 Å². The lowest BCUT2D eigenvalue weighted by molar-refractivity contribution is -0.153. The summed E-state index contributed by atoms with van der Waals surface area (Å²) in [5.74, 6) is -0.631. The largest absolute Gasteiger partial charge is 0.484 e. The zero-order valence-corrected chi connectivity index (χ0v) is 15.0. The first-order chi connectivity index (χ1) is 13.8. The molecule has 0 saturated heterocycles. The third-order valence-electron chi connectivity index (χ3n) is 4.72. The summed E-state index contributed by atoms with van der Waals surface area (Å²) in [5, 5.41) is 10.3.